The third kappa shape index (κ3) is 5.45. The molecule has 2 aromatic heterocycles. The Morgan fingerprint density at radius 3 is 2.51 bits per heavy atom. The number of likely N-dealkylation sites (tertiary alicyclic amines) is 1. The lowest BCUT2D eigenvalue weighted by Gasteiger charge is -2.46. The van der Waals surface area contributed by atoms with Crippen molar-refractivity contribution >= 4 is 29.4 Å². The second-order valence-electron chi connectivity index (χ2n) is 9.16. The minimum absolute atomic E-state index is 0.270. The van der Waals surface area contributed by atoms with Gasteiger partial charge in [0.2, 0.25) is 5.91 Å². The number of benzene rings is 1. The Labute approximate surface area is 216 Å². The van der Waals surface area contributed by atoms with Crippen LogP contribution in [0.4, 0.5) is 16.3 Å². The molecule has 192 valence electrons. The van der Waals surface area contributed by atoms with Gasteiger partial charge in [0.25, 0.3) is 5.91 Å². The molecule has 9 heteroatoms. The molecule has 0 radical (unpaired) electrons. The van der Waals surface area contributed by atoms with Crippen molar-refractivity contribution < 1.29 is 14.4 Å². The number of nitrogens with one attached hydrogen (secondary N) is 1. The minimum atomic E-state index is -0.959. The Bertz CT molecular complexity index is 1280. The normalized spacial score (nSPS) is 17.6. The van der Waals surface area contributed by atoms with Crippen molar-refractivity contribution in [1.82, 2.24) is 20.2 Å². The van der Waals surface area contributed by atoms with E-state index in [0.717, 1.165) is 28.0 Å². The zero-order valence-corrected chi connectivity index (χ0v) is 21.3. The highest BCUT2D eigenvalue weighted by atomic mass is 16.2. The van der Waals surface area contributed by atoms with Gasteiger partial charge in [-0.05, 0) is 60.2 Å². The second-order valence-corrected chi connectivity index (χ2v) is 9.16. The third-order valence-corrected chi connectivity index (χ3v) is 6.84. The molecule has 1 saturated heterocycles. The molecule has 1 aromatic carbocycles. The highest BCUT2D eigenvalue weighted by Crippen LogP contribution is 2.33. The summed E-state index contributed by atoms with van der Waals surface area (Å²) in [6.07, 6.45) is 6.52. The van der Waals surface area contributed by atoms with Crippen LogP contribution in [-0.4, -0.2) is 45.8 Å². The molecular formula is C28H32N6O3. The van der Waals surface area contributed by atoms with Crippen LogP contribution in [0.2, 0.25) is 0 Å². The Kier molecular flexibility index (Phi) is 7.81. The van der Waals surface area contributed by atoms with Gasteiger partial charge in [-0.2, -0.15) is 0 Å². The Hall–Kier alpha value is -4.27. The maximum absolute atomic E-state index is 13.7. The van der Waals surface area contributed by atoms with E-state index in [2.05, 4.69) is 28.3 Å². The van der Waals surface area contributed by atoms with E-state index in [1.54, 1.807) is 49.9 Å². The number of β-lactam (4-membered cyclic amide) rings is 1. The summed E-state index contributed by atoms with van der Waals surface area (Å²) in [6.45, 7) is 4.04. The van der Waals surface area contributed by atoms with Gasteiger partial charge in [0, 0.05) is 31.3 Å². The molecule has 0 spiro atoms. The Morgan fingerprint density at radius 2 is 1.84 bits per heavy atom. The van der Waals surface area contributed by atoms with Gasteiger partial charge in [-0.25, -0.2) is 9.78 Å². The smallest absolute Gasteiger partial charge is 0.325 e. The van der Waals surface area contributed by atoms with Crippen LogP contribution >= 0.6 is 0 Å². The first-order chi connectivity index (χ1) is 17.8. The van der Waals surface area contributed by atoms with Crippen LogP contribution in [0.3, 0.4) is 0 Å². The number of amides is 4. The summed E-state index contributed by atoms with van der Waals surface area (Å²) < 4.78 is 0. The molecule has 1 aliphatic heterocycles. The van der Waals surface area contributed by atoms with E-state index in [1.165, 1.54) is 4.90 Å². The zero-order valence-electron chi connectivity index (χ0n) is 21.3. The number of nitrogens with zero attached hydrogens (tertiary/aromatic N) is 4. The number of aromatic nitrogens is 2. The molecule has 3 atom stereocenters. The fourth-order valence-corrected chi connectivity index (χ4v) is 4.69. The third-order valence-electron chi connectivity index (χ3n) is 6.84. The number of aryl methyl sites for hydroxylation is 1. The fraction of sp³-hybridized carbons (Fsp3) is 0.321. The lowest BCUT2D eigenvalue weighted by atomic mass is 9.81. The lowest BCUT2D eigenvalue weighted by Crippen LogP contribution is -2.70. The van der Waals surface area contributed by atoms with Crippen LogP contribution in [0.1, 0.15) is 43.0 Å². The van der Waals surface area contributed by atoms with E-state index < -0.39 is 23.9 Å². The molecule has 1 fully saturated rings. The van der Waals surface area contributed by atoms with Crippen molar-refractivity contribution in [2.24, 2.45) is 5.92 Å². The first-order valence-corrected chi connectivity index (χ1v) is 12.4. The number of nitrogens with two attached hydrogens (primary N) is 1. The molecule has 37 heavy (non-hydrogen) atoms. The monoisotopic (exact) mass is 500 g/mol. The highest BCUT2D eigenvalue weighted by Gasteiger charge is 2.55. The summed E-state index contributed by atoms with van der Waals surface area (Å²) in [5.74, 6) is -1.12. The van der Waals surface area contributed by atoms with Gasteiger partial charge in [0.1, 0.15) is 11.9 Å². The Balaban J connectivity index is 1.60. The topological polar surface area (TPSA) is 122 Å². The van der Waals surface area contributed by atoms with Crippen LogP contribution in [0.15, 0.2) is 67.1 Å². The SMILES string of the molecule is CCc1cccc([C@@H](CC)NC(=O)N2C(=O)[C@H](Cc3ccnc(N)c3)[C@H]2C(=O)N(C)c2ccncc2)c1. The van der Waals surface area contributed by atoms with Crippen LogP contribution in [0.25, 0.3) is 0 Å². The molecule has 3 heterocycles. The number of pyridine rings is 2. The van der Waals surface area contributed by atoms with E-state index in [0.29, 0.717) is 17.9 Å². The second kappa shape index (κ2) is 11.2. The van der Waals surface area contributed by atoms with Gasteiger partial charge in [-0.3, -0.25) is 19.5 Å². The number of hydrogen-bond acceptors (Lipinski definition) is 6. The van der Waals surface area contributed by atoms with Crippen molar-refractivity contribution in [2.75, 3.05) is 17.7 Å². The van der Waals surface area contributed by atoms with Gasteiger partial charge < -0.3 is 16.0 Å². The summed E-state index contributed by atoms with van der Waals surface area (Å²) >= 11 is 0. The van der Waals surface area contributed by atoms with E-state index in [9.17, 15) is 14.4 Å². The lowest BCUT2D eigenvalue weighted by molar-refractivity contribution is -0.156. The van der Waals surface area contributed by atoms with Crippen LogP contribution in [0, 0.1) is 5.92 Å². The average Bonchev–Trinajstić information content (AvgIpc) is 2.92. The number of carbonyl (C=O) groups is 3. The molecule has 0 bridgehead atoms. The Morgan fingerprint density at radius 1 is 1.08 bits per heavy atom. The van der Waals surface area contributed by atoms with Crippen LogP contribution < -0.4 is 16.0 Å². The standard InChI is InChI=1S/C28H32N6O3/c1-4-18-7-6-8-20(15-18)23(5-2)32-28(37)34-25(27(36)33(3)21-10-12-30-13-11-21)22(26(34)35)16-19-9-14-31-24(29)17-19/h6-15,17,22-23,25H,4-5,16H2,1-3H3,(H2,29,31)(H,32,37)/t22-,23-,25+/m1/s1. The van der Waals surface area contributed by atoms with Gasteiger partial charge >= 0.3 is 6.03 Å². The van der Waals surface area contributed by atoms with Crippen molar-refractivity contribution in [3.05, 3.63) is 83.8 Å². The molecule has 3 N–H and O–H groups in total. The van der Waals surface area contributed by atoms with E-state index in [-0.39, 0.29) is 18.4 Å². The number of imide groups is 1. The van der Waals surface area contributed by atoms with Crippen LogP contribution in [-0.2, 0) is 22.4 Å². The molecule has 1 aliphatic rings. The number of carbonyl (C=O) groups excluding carboxylic acids is 3. The summed E-state index contributed by atoms with van der Waals surface area (Å²) in [4.78, 5) is 50.9. The molecular weight excluding hydrogens is 468 g/mol. The molecule has 0 saturated carbocycles. The molecule has 3 aromatic rings. The van der Waals surface area contributed by atoms with Gasteiger partial charge in [0.15, 0.2) is 0 Å². The van der Waals surface area contributed by atoms with E-state index >= 15 is 0 Å². The predicted octanol–water partition coefficient (Wildman–Crippen LogP) is 3.51. The maximum atomic E-state index is 13.7. The predicted molar refractivity (Wildman–Crippen MR) is 142 cm³/mol. The average molecular weight is 501 g/mol. The zero-order chi connectivity index (χ0) is 26.5. The summed E-state index contributed by atoms with van der Waals surface area (Å²) in [5, 5.41) is 2.98. The fourth-order valence-electron chi connectivity index (χ4n) is 4.69. The highest BCUT2D eigenvalue weighted by molar-refractivity contribution is 6.12. The number of hydrogen-bond donors (Lipinski definition) is 2. The summed E-state index contributed by atoms with van der Waals surface area (Å²) in [5.41, 5.74) is 9.34. The molecule has 4 amide bonds. The van der Waals surface area contributed by atoms with Gasteiger partial charge in [-0.15, -0.1) is 0 Å². The summed E-state index contributed by atoms with van der Waals surface area (Å²) in [6, 6.07) is 13.0. The van der Waals surface area contributed by atoms with Crippen LogP contribution in [0.5, 0.6) is 0 Å². The van der Waals surface area contributed by atoms with E-state index in [4.69, 9.17) is 5.73 Å². The minimum Gasteiger partial charge on any atom is -0.384 e. The van der Waals surface area contributed by atoms with Gasteiger partial charge in [0.05, 0.1) is 12.0 Å². The maximum Gasteiger partial charge on any atom is 0.325 e. The molecule has 4 rings (SSSR count). The largest absolute Gasteiger partial charge is 0.384 e. The van der Waals surface area contributed by atoms with Gasteiger partial charge in [-0.1, -0.05) is 38.1 Å². The van der Waals surface area contributed by atoms with Crippen molar-refractivity contribution in [3.8, 4) is 0 Å². The number of rotatable bonds is 8. The number of nitrogen functional groups attached to an aromatic ring is 1. The molecule has 0 aliphatic carbocycles. The molecule has 9 nitrogen and oxygen atoms in total. The van der Waals surface area contributed by atoms with Crippen molar-refractivity contribution in [2.45, 2.75) is 45.2 Å². The quantitative estimate of drug-likeness (QED) is 0.457. The first kappa shape index (κ1) is 25.8. The number of likely N-dealkylation sites (N-methyl/N-ethyl adjacent to an activating group) is 1. The first-order valence-electron chi connectivity index (χ1n) is 12.4. The number of anilines is 2. The molecule has 0 unspecified atom stereocenters. The summed E-state index contributed by atoms with van der Waals surface area (Å²) in [7, 11) is 1.63. The number of urea groups is 1. The van der Waals surface area contributed by atoms with Crippen molar-refractivity contribution in [1.29, 1.82) is 0 Å². The van der Waals surface area contributed by atoms with Crippen molar-refractivity contribution in [3.63, 3.8) is 0 Å². The van der Waals surface area contributed by atoms with E-state index in [1.807, 2.05) is 25.1 Å².